The van der Waals surface area contributed by atoms with Crippen molar-refractivity contribution in [3.8, 4) is 5.75 Å². The molecule has 2 aromatic rings. The molecule has 1 aliphatic carbocycles. The van der Waals surface area contributed by atoms with Crippen LogP contribution in [0.4, 0.5) is 0 Å². The van der Waals surface area contributed by atoms with Crippen LogP contribution >= 0.6 is 0 Å². The number of ether oxygens (including phenoxy) is 1. The lowest BCUT2D eigenvalue weighted by molar-refractivity contribution is -0.124. The fraction of sp³-hybridized carbons (Fsp3) is 0.444. The molecule has 23 heavy (non-hydrogen) atoms. The van der Waals surface area contributed by atoms with Gasteiger partial charge in [-0.3, -0.25) is 4.79 Å². The highest BCUT2D eigenvalue weighted by molar-refractivity contribution is 5.83. The molecule has 1 amide bonds. The number of nitrogens with one attached hydrogen (secondary N) is 1. The Morgan fingerprint density at radius 2 is 2.00 bits per heavy atom. The average Bonchev–Trinajstić information content (AvgIpc) is 2.93. The Kier molecular flexibility index (Phi) is 3.88. The Labute approximate surface area is 134 Å². The molecule has 5 nitrogen and oxygen atoms in total. The van der Waals surface area contributed by atoms with Crippen molar-refractivity contribution in [1.29, 1.82) is 0 Å². The minimum atomic E-state index is -0.294. The lowest BCUT2D eigenvalue weighted by atomic mass is 10.1. The maximum absolute atomic E-state index is 12.0. The number of rotatable bonds is 3. The molecule has 3 rings (SSSR count). The Hall–Kier alpha value is -2.30. The van der Waals surface area contributed by atoms with Crippen LogP contribution in [0.15, 0.2) is 27.4 Å². The second kappa shape index (κ2) is 5.72. The first-order chi connectivity index (χ1) is 10.8. The normalized spacial score (nSPS) is 13.9. The number of hydrogen-bond donors (Lipinski definition) is 1. The molecule has 0 bridgehead atoms. The summed E-state index contributed by atoms with van der Waals surface area (Å²) in [5, 5.41) is 3.79. The van der Waals surface area contributed by atoms with Gasteiger partial charge in [0.25, 0.3) is 5.91 Å². The standard InChI is InChI=1S/C18H21NO4/c1-18(2,3)19-16(20)10-22-11-7-8-13-12-5-4-6-14(12)17(21)23-15(13)9-11/h7-9H,4-6,10H2,1-3H3,(H,19,20). The lowest BCUT2D eigenvalue weighted by Gasteiger charge is -2.20. The molecular formula is C18H21NO4. The number of carbonyl (C=O) groups excluding carboxylic acids is 1. The van der Waals surface area contributed by atoms with E-state index in [0.29, 0.717) is 11.3 Å². The zero-order valence-electron chi connectivity index (χ0n) is 13.7. The fourth-order valence-corrected chi connectivity index (χ4v) is 2.96. The van der Waals surface area contributed by atoms with Gasteiger partial charge in [-0.1, -0.05) is 0 Å². The maximum atomic E-state index is 12.0. The third-order valence-corrected chi connectivity index (χ3v) is 3.83. The summed E-state index contributed by atoms with van der Waals surface area (Å²) in [6.07, 6.45) is 2.69. The van der Waals surface area contributed by atoms with E-state index in [2.05, 4.69) is 5.32 Å². The lowest BCUT2D eigenvalue weighted by Crippen LogP contribution is -2.43. The van der Waals surface area contributed by atoms with Crippen molar-refractivity contribution in [3.05, 3.63) is 39.7 Å². The zero-order valence-corrected chi connectivity index (χ0v) is 13.7. The predicted molar refractivity (Wildman–Crippen MR) is 87.9 cm³/mol. The zero-order chi connectivity index (χ0) is 16.6. The van der Waals surface area contributed by atoms with Crippen molar-refractivity contribution in [1.82, 2.24) is 5.32 Å². The molecule has 0 spiro atoms. The summed E-state index contributed by atoms with van der Waals surface area (Å²) in [7, 11) is 0. The Bertz CT molecular complexity index is 814. The summed E-state index contributed by atoms with van der Waals surface area (Å²) in [4.78, 5) is 23.8. The van der Waals surface area contributed by atoms with Crippen LogP contribution in [0.3, 0.4) is 0 Å². The van der Waals surface area contributed by atoms with Crippen LogP contribution in [0.5, 0.6) is 5.75 Å². The Balaban J connectivity index is 1.80. The Morgan fingerprint density at radius 3 is 2.74 bits per heavy atom. The molecule has 1 aromatic heterocycles. The quantitative estimate of drug-likeness (QED) is 0.884. The molecule has 0 atom stereocenters. The monoisotopic (exact) mass is 315 g/mol. The Morgan fingerprint density at radius 1 is 1.26 bits per heavy atom. The minimum absolute atomic E-state index is 0.0715. The van der Waals surface area contributed by atoms with E-state index in [9.17, 15) is 9.59 Å². The largest absolute Gasteiger partial charge is 0.484 e. The summed E-state index contributed by atoms with van der Waals surface area (Å²) in [6, 6.07) is 5.39. The van der Waals surface area contributed by atoms with E-state index in [1.54, 1.807) is 6.07 Å². The van der Waals surface area contributed by atoms with Gasteiger partial charge in [0.15, 0.2) is 6.61 Å². The van der Waals surface area contributed by atoms with Crippen LogP contribution in [0, 0.1) is 0 Å². The number of aryl methyl sites for hydroxylation is 1. The number of amides is 1. The number of benzene rings is 1. The average molecular weight is 315 g/mol. The molecule has 5 heteroatoms. The van der Waals surface area contributed by atoms with Crippen molar-refractivity contribution >= 4 is 16.9 Å². The molecule has 122 valence electrons. The van der Waals surface area contributed by atoms with Gasteiger partial charge in [0.2, 0.25) is 0 Å². The molecule has 0 saturated carbocycles. The van der Waals surface area contributed by atoms with Crippen LogP contribution in [0.25, 0.3) is 11.0 Å². The number of carbonyl (C=O) groups is 1. The SMILES string of the molecule is CC(C)(C)NC(=O)COc1ccc2c3c(c(=O)oc2c1)CCC3. The number of hydrogen-bond acceptors (Lipinski definition) is 4. The topological polar surface area (TPSA) is 68.5 Å². The molecule has 0 aliphatic heterocycles. The molecule has 1 heterocycles. The molecule has 0 radical (unpaired) electrons. The van der Waals surface area contributed by atoms with Crippen LogP contribution < -0.4 is 15.7 Å². The first kappa shape index (κ1) is 15.6. The second-order valence-electron chi connectivity index (χ2n) is 6.94. The van der Waals surface area contributed by atoms with Crippen molar-refractivity contribution in [2.75, 3.05) is 6.61 Å². The number of fused-ring (bicyclic) bond motifs is 3. The highest BCUT2D eigenvalue weighted by Gasteiger charge is 2.20. The van der Waals surface area contributed by atoms with Gasteiger partial charge in [0, 0.05) is 22.6 Å². The summed E-state index contributed by atoms with van der Waals surface area (Å²) in [5.74, 6) is 0.329. The van der Waals surface area contributed by atoms with Crippen LogP contribution in [-0.2, 0) is 17.6 Å². The van der Waals surface area contributed by atoms with Gasteiger partial charge in [-0.25, -0.2) is 4.79 Å². The van der Waals surface area contributed by atoms with Gasteiger partial charge in [0.05, 0.1) is 0 Å². The fourth-order valence-electron chi connectivity index (χ4n) is 2.96. The molecule has 0 saturated heterocycles. The molecule has 1 aromatic carbocycles. The third kappa shape index (κ3) is 3.38. The summed E-state index contributed by atoms with van der Waals surface area (Å²) < 4.78 is 10.9. The first-order valence-corrected chi connectivity index (χ1v) is 7.86. The summed E-state index contributed by atoms with van der Waals surface area (Å²) in [6.45, 7) is 5.67. The molecular weight excluding hydrogens is 294 g/mol. The summed E-state index contributed by atoms with van der Waals surface area (Å²) in [5.41, 5.74) is 1.86. The van der Waals surface area contributed by atoms with Crippen molar-refractivity contribution in [3.63, 3.8) is 0 Å². The maximum Gasteiger partial charge on any atom is 0.339 e. The highest BCUT2D eigenvalue weighted by atomic mass is 16.5. The van der Waals surface area contributed by atoms with E-state index >= 15 is 0 Å². The molecule has 1 aliphatic rings. The van der Waals surface area contributed by atoms with E-state index in [4.69, 9.17) is 9.15 Å². The van der Waals surface area contributed by atoms with Gasteiger partial charge < -0.3 is 14.5 Å². The van der Waals surface area contributed by atoms with Crippen molar-refractivity contribution in [2.24, 2.45) is 0 Å². The van der Waals surface area contributed by atoms with E-state index < -0.39 is 0 Å². The van der Waals surface area contributed by atoms with E-state index in [0.717, 1.165) is 35.8 Å². The van der Waals surface area contributed by atoms with Crippen LogP contribution in [0.1, 0.15) is 38.3 Å². The highest BCUT2D eigenvalue weighted by Crippen LogP contribution is 2.29. The van der Waals surface area contributed by atoms with Gasteiger partial charge in [0.1, 0.15) is 11.3 Å². The summed E-state index contributed by atoms with van der Waals surface area (Å²) >= 11 is 0. The van der Waals surface area contributed by atoms with Gasteiger partial charge in [-0.2, -0.15) is 0 Å². The van der Waals surface area contributed by atoms with Crippen molar-refractivity contribution in [2.45, 2.75) is 45.6 Å². The predicted octanol–water partition coefficient (Wildman–Crippen LogP) is 2.58. The van der Waals surface area contributed by atoms with E-state index in [1.807, 2.05) is 32.9 Å². The van der Waals surface area contributed by atoms with Crippen LogP contribution in [-0.4, -0.2) is 18.1 Å². The van der Waals surface area contributed by atoms with E-state index in [1.165, 1.54) is 0 Å². The van der Waals surface area contributed by atoms with Crippen LogP contribution in [0.2, 0.25) is 0 Å². The van der Waals surface area contributed by atoms with E-state index in [-0.39, 0.29) is 23.7 Å². The van der Waals surface area contributed by atoms with Gasteiger partial charge >= 0.3 is 5.63 Å². The molecule has 0 unspecified atom stereocenters. The van der Waals surface area contributed by atoms with Crippen molar-refractivity contribution < 1.29 is 13.9 Å². The second-order valence-corrected chi connectivity index (χ2v) is 6.94. The smallest absolute Gasteiger partial charge is 0.339 e. The molecule has 1 N–H and O–H groups in total. The van der Waals surface area contributed by atoms with Gasteiger partial charge in [-0.15, -0.1) is 0 Å². The first-order valence-electron chi connectivity index (χ1n) is 7.86. The minimum Gasteiger partial charge on any atom is -0.484 e. The molecule has 0 fully saturated rings. The third-order valence-electron chi connectivity index (χ3n) is 3.83. The van der Waals surface area contributed by atoms with Gasteiger partial charge in [-0.05, 0) is 57.7 Å².